The zero-order valence-electron chi connectivity index (χ0n) is 18.3. The Kier molecular flexibility index (Phi) is 5.78. The molecule has 2 aliphatic heterocycles. The largest absolute Gasteiger partial charge is 0.454 e. The maximum atomic E-state index is 13.4. The maximum absolute atomic E-state index is 13.4. The molecule has 8 nitrogen and oxygen atoms in total. The molecule has 1 aromatic heterocycles. The third kappa shape index (κ3) is 4.58. The van der Waals surface area contributed by atoms with Crippen LogP contribution in [-0.4, -0.2) is 65.7 Å². The van der Waals surface area contributed by atoms with Crippen LogP contribution in [0.5, 0.6) is 11.5 Å². The van der Waals surface area contributed by atoms with Gasteiger partial charge in [0.25, 0.3) is 5.91 Å². The fourth-order valence-corrected chi connectivity index (χ4v) is 3.90. The fraction of sp³-hybridized carbons (Fsp3) is 0.292. The van der Waals surface area contributed by atoms with Crippen LogP contribution >= 0.6 is 0 Å². The first kappa shape index (κ1) is 21.1. The molecule has 3 heterocycles. The lowest BCUT2D eigenvalue weighted by atomic mass is 10.1. The number of benzene rings is 2. The van der Waals surface area contributed by atoms with E-state index in [4.69, 9.17) is 9.47 Å². The van der Waals surface area contributed by atoms with E-state index in [-0.39, 0.29) is 18.5 Å². The summed E-state index contributed by atoms with van der Waals surface area (Å²) >= 11 is 0. The Bertz CT molecular complexity index is 1170. The molecular formula is C24H24FN5O3. The summed E-state index contributed by atoms with van der Waals surface area (Å²) in [5.41, 5.74) is 1.72. The van der Waals surface area contributed by atoms with Gasteiger partial charge >= 0.3 is 0 Å². The molecule has 0 spiro atoms. The number of ether oxygens (including phenoxy) is 2. The summed E-state index contributed by atoms with van der Waals surface area (Å²) in [4.78, 5) is 26.6. The minimum atomic E-state index is -0.339. The number of carbonyl (C=O) groups excluding carboxylic acids is 1. The molecule has 9 heteroatoms. The highest BCUT2D eigenvalue weighted by Gasteiger charge is 2.24. The van der Waals surface area contributed by atoms with Crippen LogP contribution in [0.4, 0.5) is 15.9 Å². The summed E-state index contributed by atoms with van der Waals surface area (Å²) in [6.45, 7) is 3.24. The van der Waals surface area contributed by atoms with Crippen molar-refractivity contribution in [3.05, 3.63) is 60.0 Å². The van der Waals surface area contributed by atoms with Crippen LogP contribution in [0.1, 0.15) is 16.8 Å². The van der Waals surface area contributed by atoms with E-state index < -0.39 is 0 Å². The second kappa shape index (κ2) is 9.03. The summed E-state index contributed by atoms with van der Waals surface area (Å²) in [5, 5.41) is 3.17. The van der Waals surface area contributed by atoms with Crippen molar-refractivity contribution in [2.75, 3.05) is 45.3 Å². The minimum absolute atomic E-state index is 0.132. The maximum Gasteiger partial charge on any atom is 0.259 e. The highest BCUT2D eigenvalue weighted by atomic mass is 19.1. The van der Waals surface area contributed by atoms with Crippen LogP contribution in [0.15, 0.2) is 48.7 Å². The number of aromatic nitrogens is 2. The number of rotatable bonds is 4. The monoisotopic (exact) mass is 449 g/mol. The minimum Gasteiger partial charge on any atom is -0.454 e. The van der Waals surface area contributed by atoms with Gasteiger partial charge in [-0.2, -0.15) is 0 Å². The Hall–Kier alpha value is -3.72. The Morgan fingerprint density at radius 2 is 1.85 bits per heavy atom. The van der Waals surface area contributed by atoms with Gasteiger partial charge in [-0.1, -0.05) is 0 Å². The van der Waals surface area contributed by atoms with Gasteiger partial charge in [0.2, 0.25) is 6.79 Å². The van der Waals surface area contributed by atoms with Gasteiger partial charge in [-0.05, 0) is 62.5 Å². The lowest BCUT2D eigenvalue weighted by molar-refractivity contribution is 0.0763. The molecule has 0 unspecified atom stereocenters. The van der Waals surface area contributed by atoms with Crippen molar-refractivity contribution in [3.63, 3.8) is 0 Å². The molecule has 0 atom stereocenters. The number of halogens is 1. The van der Waals surface area contributed by atoms with Gasteiger partial charge in [0.15, 0.2) is 17.3 Å². The van der Waals surface area contributed by atoms with Gasteiger partial charge < -0.3 is 24.6 Å². The zero-order chi connectivity index (χ0) is 22.8. The topological polar surface area (TPSA) is 79.8 Å². The Labute approximate surface area is 191 Å². The highest BCUT2D eigenvalue weighted by molar-refractivity contribution is 5.99. The van der Waals surface area contributed by atoms with Gasteiger partial charge in [0, 0.05) is 37.1 Å². The van der Waals surface area contributed by atoms with E-state index in [9.17, 15) is 9.18 Å². The van der Waals surface area contributed by atoms with E-state index in [1.165, 1.54) is 12.1 Å². The predicted molar refractivity (Wildman–Crippen MR) is 121 cm³/mol. The van der Waals surface area contributed by atoms with Crippen LogP contribution in [0.2, 0.25) is 0 Å². The molecule has 0 radical (unpaired) electrons. The molecule has 33 heavy (non-hydrogen) atoms. The first-order valence-electron chi connectivity index (χ1n) is 10.8. The second-order valence-electron chi connectivity index (χ2n) is 8.10. The fourth-order valence-electron chi connectivity index (χ4n) is 3.90. The van der Waals surface area contributed by atoms with Gasteiger partial charge in [-0.3, -0.25) is 4.79 Å². The second-order valence-corrected chi connectivity index (χ2v) is 8.10. The van der Waals surface area contributed by atoms with Gasteiger partial charge in [0.1, 0.15) is 17.2 Å². The van der Waals surface area contributed by atoms with Crippen molar-refractivity contribution < 1.29 is 18.7 Å². The number of nitrogens with zero attached hydrogens (tertiary/aromatic N) is 4. The number of hydrogen-bond donors (Lipinski definition) is 1. The van der Waals surface area contributed by atoms with Crippen molar-refractivity contribution in [1.82, 2.24) is 19.8 Å². The van der Waals surface area contributed by atoms with Crippen molar-refractivity contribution in [2.24, 2.45) is 0 Å². The molecule has 0 bridgehead atoms. The molecule has 0 aliphatic carbocycles. The van der Waals surface area contributed by atoms with Crippen LogP contribution < -0.4 is 14.8 Å². The van der Waals surface area contributed by atoms with E-state index in [0.29, 0.717) is 47.5 Å². The van der Waals surface area contributed by atoms with E-state index in [1.807, 2.05) is 17.0 Å². The van der Waals surface area contributed by atoms with Crippen LogP contribution in [0.3, 0.4) is 0 Å². The quantitative estimate of drug-likeness (QED) is 0.653. The number of likely N-dealkylation sites (N-methyl/N-ethyl adjacent to an activating group) is 1. The summed E-state index contributed by atoms with van der Waals surface area (Å²) in [6, 6.07) is 11.4. The molecule has 3 aromatic rings. The molecular weight excluding hydrogens is 425 g/mol. The predicted octanol–water partition coefficient (Wildman–Crippen LogP) is 3.53. The van der Waals surface area contributed by atoms with E-state index >= 15 is 0 Å². The standard InChI is InChI=1S/C24H24FN5O3/c1-29-9-2-10-30(12-11-29)24(31)19-14-26-22(16-3-8-20-21(13-16)33-15-32-20)28-23(19)27-18-6-4-17(25)5-7-18/h3-8,13-14H,2,9-12,15H2,1H3,(H,26,27,28). The summed E-state index contributed by atoms with van der Waals surface area (Å²) in [7, 11) is 2.05. The van der Waals surface area contributed by atoms with Crippen LogP contribution in [0.25, 0.3) is 11.4 Å². The lowest BCUT2D eigenvalue weighted by Gasteiger charge is -2.22. The Morgan fingerprint density at radius 1 is 1.03 bits per heavy atom. The zero-order valence-corrected chi connectivity index (χ0v) is 18.3. The van der Waals surface area contributed by atoms with E-state index in [2.05, 4.69) is 27.2 Å². The highest BCUT2D eigenvalue weighted by Crippen LogP contribution is 2.35. The molecule has 0 saturated carbocycles. The smallest absolute Gasteiger partial charge is 0.259 e. The number of fused-ring (bicyclic) bond motifs is 1. The average Bonchev–Trinajstić information content (AvgIpc) is 3.19. The van der Waals surface area contributed by atoms with Crippen LogP contribution in [0, 0.1) is 5.82 Å². The average molecular weight is 449 g/mol. The van der Waals surface area contributed by atoms with Crippen molar-refractivity contribution in [1.29, 1.82) is 0 Å². The molecule has 1 amide bonds. The Morgan fingerprint density at radius 3 is 2.70 bits per heavy atom. The molecule has 1 N–H and O–H groups in total. The molecule has 1 saturated heterocycles. The first-order chi connectivity index (χ1) is 16.1. The summed E-state index contributed by atoms with van der Waals surface area (Å²) in [5.74, 6) is 1.62. The number of amides is 1. The number of nitrogens with one attached hydrogen (secondary N) is 1. The molecule has 1 fully saturated rings. The molecule has 2 aliphatic rings. The van der Waals surface area contributed by atoms with Crippen LogP contribution in [-0.2, 0) is 0 Å². The summed E-state index contributed by atoms with van der Waals surface area (Å²) < 4.78 is 24.2. The lowest BCUT2D eigenvalue weighted by Crippen LogP contribution is -2.35. The van der Waals surface area contributed by atoms with Crippen molar-refractivity contribution >= 4 is 17.4 Å². The number of carbonyl (C=O) groups is 1. The number of anilines is 2. The number of hydrogen-bond acceptors (Lipinski definition) is 7. The third-order valence-corrected chi connectivity index (χ3v) is 5.76. The van der Waals surface area contributed by atoms with Crippen molar-refractivity contribution in [3.8, 4) is 22.9 Å². The molecule has 170 valence electrons. The van der Waals surface area contributed by atoms with Crippen molar-refractivity contribution in [2.45, 2.75) is 6.42 Å². The van der Waals surface area contributed by atoms with E-state index in [1.54, 1.807) is 24.4 Å². The third-order valence-electron chi connectivity index (χ3n) is 5.76. The molecule has 5 rings (SSSR count). The van der Waals surface area contributed by atoms with Gasteiger partial charge in [0.05, 0.1) is 0 Å². The summed E-state index contributed by atoms with van der Waals surface area (Å²) in [6.07, 6.45) is 2.45. The van der Waals surface area contributed by atoms with E-state index in [0.717, 1.165) is 25.1 Å². The normalized spacial score (nSPS) is 15.9. The Balaban J connectivity index is 1.50. The van der Waals surface area contributed by atoms with Gasteiger partial charge in [-0.25, -0.2) is 14.4 Å². The first-order valence-corrected chi connectivity index (χ1v) is 10.8. The van der Waals surface area contributed by atoms with Gasteiger partial charge in [-0.15, -0.1) is 0 Å². The molecule has 2 aromatic carbocycles. The SMILES string of the molecule is CN1CCCN(C(=O)c2cnc(-c3ccc4c(c3)OCO4)nc2Nc2ccc(F)cc2)CC1.